The van der Waals surface area contributed by atoms with Crippen LogP contribution < -0.4 is 10.1 Å². The van der Waals surface area contributed by atoms with Gasteiger partial charge < -0.3 is 10.1 Å². The van der Waals surface area contributed by atoms with Gasteiger partial charge >= 0.3 is 5.97 Å². The average Bonchev–Trinajstić information content (AvgIpc) is 2.48. The molecule has 0 unspecified atom stereocenters. The van der Waals surface area contributed by atoms with Gasteiger partial charge in [-0.05, 0) is 24.1 Å². The van der Waals surface area contributed by atoms with Crippen molar-refractivity contribution in [2.75, 3.05) is 5.32 Å². The number of rotatable bonds is 5. The van der Waals surface area contributed by atoms with E-state index in [0.717, 1.165) is 5.56 Å². The third-order valence-electron chi connectivity index (χ3n) is 2.90. The Bertz CT molecular complexity index is 623. The lowest BCUT2D eigenvalue weighted by molar-refractivity contribution is -0.131. The number of para-hydroxylation sites is 2. The molecule has 0 aliphatic rings. The number of anilines is 1. The summed E-state index contributed by atoms with van der Waals surface area (Å²) in [6.45, 7) is 1.33. The van der Waals surface area contributed by atoms with Crippen LogP contribution in [-0.2, 0) is 16.0 Å². The number of amides is 1. The number of esters is 1. The number of ether oxygens (including phenoxy) is 1. The molecular formula is C17H17NO3. The Balaban J connectivity index is 1.95. The van der Waals surface area contributed by atoms with Crippen LogP contribution in [0.1, 0.15) is 18.9 Å². The molecule has 1 amide bonds. The Hall–Kier alpha value is -2.62. The van der Waals surface area contributed by atoms with E-state index in [-0.39, 0.29) is 5.91 Å². The Labute approximate surface area is 123 Å². The Morgan fingerprint density at radius 1 is 1.00 bits per heavy atom. The highest BCUT2D eigenvalue weighted by Gasteiger charge is 2.09. The van der Waals surface area contributed by atoms with E-state index >= 15 is 0 Å². The lowest BCUT2D eigenvalue weighted by atomic mass is 10.1. The monoisotopic (exact) mass is 283 g/mol. The Morgan fingerprint density at radius 2 is 1.67 bits per heavy atom. The predicted octanol–water partition coefficient (Wildman–Crippen LogP) is 3.18. The fraction of sp³-hybridized carbons (Fsp3) is 0.176. The van der Waals surface area contributed by atoms with E-state index in [1.165, 1.54) is 6.92 Å². The van der Waals surface area contributed by atoms with Crippen LogP contribution in [0, 0.1) is 0 Å². The minimum Gasteiger partial charge on any atom is -0.424 e. The van der Waals surface area contributed by atoms with Gasteiger partial charge in [0.05, 0.1) is 5.69 Å². The molecule has 0 aliphatic heterocycles. The van der Waals surface area contributed by atoms with Gasteiger partial charge in [0.25, 0.3) is 0 Å². The van der Waals surface area contributed by atoms with E-state index in [1.54, 1.807) is 24.3 Å². The third kappa shape index (κ3) is 4.76. The number of benzene rings is 2. The van der Waals surface area contributed by atoms with Crippen molar-refractivity contribution in [3.8, 4) is 5.75 Å². The summed E-state index contributed by atoms with van der Waals surface area (Å²) in [4.78, 5) is 23.0. The van der Waals surface area contributed by atoms with Gasteiger partial charge in [0.1, 0.15) is 0 Å². The van der Waals surface area contributed by atoms with Crippen molar-refractivity contribution in [3.05, 3.63) is 60.2 Å². The molecule has 0 bridgehead atoms. The summed E-state index contributed by atoms with van der Waals surface area (Å²) in [5, 5.41) is 2.77. The lowest BCUT2D eigenvalue weighted by Crippen LogP contribution is -2.14. The molecule has 4 nitrogen and oxygen atoms in total. The zero-order valence-corrected chi connectivity index (χ0v) is 11.8. The largest absolute Gasteiger partial charge is 0.424 e. The van der Waals surface area contributed by atoms with Crippen LogP contribution in [0.4, 0.5) is 5.69 Å². The number of aryl methyl sites for hydroxylation is 1. The van der Waals surface area contributed by atoms with Crippen LogP contribution in [0.3, 0.4) is 0 Å². The minimum absolute atomic E-state index is 0.113. The van der Waals surface area contributed by atoms with Crippen molar-refractivity contribution >= 4 is 17.6 Å². The first-order valence-corrected chi connectivity index (χ1v) is 6.76. The molecule has 2 aromatic carbocycles. The fourth-order valence-corrected chi connectivity index (χ4v) is 1.93. The third-order valence-corrected chi connectivity index (χ3v) is 2.90. The maximum atomic E-state index is 12.0. The van der Waals surface area contributed by atoms with Crippen LogP contribution in [0.25, 0.3) is 0 Å². The predicted molar refractivity (Wildman–Crippen MR) is 81.1 cm³/mol. The molecule has 2 rings (SSSR count). The lowest BCUT2D eigenvalue weighted by Gasteiger charge is -2.10. The van der Waals surface area contributed by atoms with E-state index in [1.807, 2.05) is 30.3 Å². The van der Waals surface area contributed by atoms with E-state index in [2.05, 4.69) is 5.32 Å². The zero-order valence-electron chi connectivity index (χ0n) is 11.8. The second-order valence-corrected chi connectivity index (χ2v) is 4.62. The summed E-state index contributed by atoms with van der Waals surface area (Å²) in [6.07, 6.45) is 1.04. The van der Waals surface area contributed by atoms with Gasteiger partial charge in [-0.3, -0.25) is 9.59 Å². The molecule has 0 heterocycles. The summed E-state index contributed by atoms with van der Waals surface area (Å²) in [6, 6.07) is 16.7. The van der Waals surface area contributed by atoms with Crippen molar-refractivity contribution in [2.45, 2.75) is 19.8 Å². The van der Waals surface area contributed by atoms with E-state index in [4.69, 9.17) is 4.74 Å². The van der Waals surface area contributed by atoms with Gasteiger partial charge in [-0.2, -0.15) is 0 Å². The summed E-state index contributed by atoms with van der Waals surface area (Å²) < 4.78 is 5.06. The molecule has 0 radical (unpaired) electrons. The number of carbonyl (C=O) groups is 2. The van der Waals surface area contributed by atoms with Crippen molar-refractivity contribution in [1.82, 2.24) is 0 Å². The van der Waals surface area contributed by atoms with Crippen molar-refractivity contribution in [2.24, 2.45) is 0 Å². The van der Waals surface area contributed by atoms with Gasteiger partial charge in [0.15, 0.2) is 5.75 Å². The van der Waals surface area contributed by atoms with Gasteiger partial charge in [-0.25, -0.2) is 0 Å². The Morgan fingerprint density at radius 3 is 2.38 bits per heavy atom. The SMILES string of the molecule is CC(=O)Oc1ccccc1NC(=O)CCc1ccccc1. The number of hydrogen-bond donors (Lipinski definition) is 1. The second-order valence-electron chi connectivity index (χ2n) is 4.62. The normalized spacial score (nSPS) is 9.95. The van der Waals surface area contributed by atoms with Gasteiger partial charge in [0, 0.05) is 13.3 Å². The minimum atomic E-state index is -0.416. The van der Waals surface area contributed by atoms with E-state index < -0.39 is 5.97 Å². The molecule has 0 saturated heterocycles. The summed E-state index contributed by atoms with van der Waals surface area (Å²) >= 11 is 0. The highest BCUT2D eigenvalue weighted by molar-refractivity contribution is 5.92. The fourth-order valence-electron chi connectivity index (χ4n) is 1.93. The van der Waals surface area contributed by atoms with E-state index in [0.29, 0.717) is 24.3 Å². The molecule has 1 N–H and O–H groups in total. The smallest absolute Gasteiger partial charge is 0.308 e. The van der Waals surface area contributed by atoms with Crippen LogP contribution in [-0.4, -0.2) is 11.9 Å². The topological polar surface area (TPSA) is 55.4 Å². The first kappa shape index (κ1) is 14.8. The van der Waals surface area contributed by atoms with Crippen LogP contribution in [0.5, 0.6) is 5.75 Å². The first-order chi connectivity index (χ1) is 10.1. The van der Waals surface area contributed by atoms with Crippen molar-refractivity contribution in [3.63, 3.8) is 0 Å². The maximum Gasteiger partial charge on any atom is 0.308 e. The maximum absolute atomic E-state index is 12.0. The van der Waals surface area contributed by atoms with Crippen molar-refractivity contribution < 1.29 is 14.3 Å². The summed E-state index contributed by atoms with van der Waals surface area (Å²) in [5.74, 6) is -0.169. The summed E-state index contributed by atoms with van der Waals surface area (Å²) in [7, 11) is 0. The molecule has 0 fully saturated rings. The van der Waals surface area contributed by atoms with Gasteiger partial charge in [-0.15, -0.1) is 0 Å². The van der Waals surface area contributed by atoms with Gasteiger partial charge in [0.2, 0.25) is 5.91 Å². The highest BCUT2D eigenvalue weighted by atomic mass is 16.5. The van der Waals surface area contributed by atoms with Gasteiger partial charge in [-0.1, -0.05) is 42.5 Å². The molecule has 0 spiro atoms. The molecule has 108 valence electrons. The number of nitrogens with one attached hydrogen (secondary N) is 1. The zero-order chi connectivity index (χ0) is 15.1. The molecule has 0 atom stereocenters. The van der Waals surface area contributed by atoms with E-state index in [9.17, 15) is 9.59 Å². The Kier molecular flexibility index (Phi) is 5.10. The van der Waals surface area contributed by atoms with Crippen molar-refractivity contribution in [1.29, 1.82) is 0 Å². The summed E-state index contributed by atoms with van der Waals surface area (Å²) in [5.41, 5.74) is 1.62. The van der Waals surface area contributed by atoms with Crippen LogP contribution in [0.2, 0.25) is 0 Å². The molecule has 21 heavy (non-hydrogen) atoms. The average molecular weight is 283 g/mol. The quantitative estimate of drug-likeness (QED) is 0.677. The standard InChI is InChI=1S/C17H17NO3/c1-13(19)21-16-10-6-5-9-15(16)18-17(20)12-11-14-7-3-2-4-8-14/h2-10H,11-12H2,1H3,(H,18,20). The molecule has 0 aliphatic carbocycles. The van der Waals surface area contributed by atoms with Crippen LogP contribution >= 0.6 is 0 Å². The first-order valence-electron chi connectivity index (χ1n) is 6.76. The molecular weight excluding hydrogens is 266 g/mol. The molecule has 0 aromatic heterocycles. The number of carbonyl (C=O) groups excluding carboxylic acids is 2. The second kappa shape index (κ2) is 7.24. The van der Waals surface area contributed by atoms with Crippen LogP contribution in [0.15, 0.2) is 54.6 Å². The highest BCUT2D eigenvalue weighted by Crippen LogP contribution is 2.24. The molecule has 0 saturated carbocycles. The molecule has 4 heteroatoms. The molecule has 2 aromatic rings. The number of hydrogen-bond acceptors (Lipinski definition) is 3.